The third kappa shape index (κ3) is 3.18. The molecule has 1 nitrogen and oxygen atoms in total. The fourth-order valence-electron chi connectivity index (χ4n) is 1.11. The van der Waals surface area contributed by atoms with Crippen molar-refractivity contribution in [2.45, 2.75) is 26.7 Å². The second-order valence-corrected chi connectivity index (χ2v) is 4.47. The molecule has 14 heavy (non-hydrogen) atoms. The van der Waals surface area contributed by atoms with Gasteiger partial charge in [0.1, 0.15) is 5.75 Å². The summed E-state index contributed by atoms with van der Waals surface area (Å²) in [6, 6.07) is 3.87. The van der Waals surface area contributed by atoms with E-state index in [0.717, 1.165) is 40.3 Å². The van der Waals surface area contributed by atoms with Crippen LogP contribution in [0.5, 0.6) is 5.75 Å². The fourth-order valence-corrected chi connectivity index (χ4v) is 1.76. The van der Waals surface area contributed by atoms with Gasteiger partial charge in [0.15, 0.2) is 0 Å². The minimum atomic E-state index is 0.757. The number of ether oxygens (including phenoxy) is 1. The van der Waals surface area contributed by atoms with Gasteiger partial charge in [0.2, 0.25) is 0 Å². The van der Waals surface area contributed by atoms with Gasteiger partial charge in [0.25, 0.3) is 0 Å². The van der Waals surface area contributed by atoms with Gasteiger partial charge in [0.05, 0.1) is 11.6 Å². The molecule has 3 heteroatoms. The molecule has 0 saturated heterocycles. The summed E-state index contributed by atoms with van der Waals surface area (Å²) >= 11 is 9.40. The Kier molecular flexibility index (Phi) is 4.76. The second kappa shape index (κ2) is 5.62. The lowest BCUT2D eigenvalue weighted by molar-refractivity contribution is 0.309. The summed E-state index contributed by atoms with van der Waals surface area (Å²) in [7, 11) is 0. The van der Waals surface area contributed by atoms with E-state index in [1.54, 1.807) is 0 Å². The van der Waals surface area contributed by atoms with Gasteiger partial charge in [-0.3, -0.25) is 0 Å². The van der Waals surface area contributed by atoms with Crippen LogP contribution >= 0.6 is 27.5 Å². The monoisotopic (exact) mass is 276 g/mol. The van der Waals surface area contributed by atoms with Crippen molar-refractivity contribution in [1.29, 1.82) is 0 Å². The van der Waals surface area contributed by atoms with Crippen molar-refractivity contribution >= 4 is 27.5 Å². The Balaban J connectivity index is 2.69. The van der Waals surface area contributed by atoms with Gasteiger partial charge >= 0.3 is 0 Å². The summed E-state index contributed by atoms with van der Waals surface area (Å²) < 4.78 is 6.47. The Labute approximate surface area is 98.5 Å². The molecule has 0 aromatic heterocycles. The molecule has 0 bridgehead atoms. The predicted molar refractivity (Wildman–Crippen MR) is 64.3 cm³/mol. The molecule has 0 N–H and O–H groups in total. The molecular weight excluding hydrogens is 263 g/mol. The first-order valence-electron chi connectivity index (χ1n) is 4.73. The maximum atomic E-state index is 6.01. The molecule has 0 spiro atoms. The molecule has 0 fully saturated rings. The third-order valence-electron chi connectivity index (χ3n) is 1.95. The Morgan fingerprint density at radius 2 is 2.14 bits per heavy atom. The number of rotatable bonds is 4. The van der Waals surface area contributed by atoms with Crippen LogP contribution in [0.3, 0.4) is 0 Å². The van der Waals surface area contributed by atoms with Gasteiger partial charge in [-0.15, -0.1) is 0 Å². The first-order chi connectivity index (χ1) is 6.65. The highest BCUT2D eigenvalue weighted by Crippen LogP contribution is 2.30. The van der Waals surface area contributed by atoms with Gasteiger partial charge in [-0.2, -0.15) is 0 Å². The van der Waals surface area contributed by atoms with E-state index in [9.17, 15) is 0 Å². The minimum Gasteiger partial charge on any atom is -0.494 e. The summed E-state index contributed by atoms with van der Waals surface area (Å²) in [6.45, 7) is 4.89. The molecule has 0 heterocycles. The highest BCUT2D eigenvalue weighted by Gasteiger charge is 2.04. The van der Waals surface area contributed by atoms with Crippen molar-refractivity contribution in [1.82, 2.24) is 0 Å². The van der Waals surface area contributed by atoms with Gasteiger partial charge in [-0.05, 0) is 47.0 Å². The molecule has 1 rings (SSSR count). The van der Waals surface area contributed by atoms with Gasteiger partial charge in [-0.25, -0.2) is 0 Å². The zero-order chi connectivity index (χ0) is 10.6. The zero-order valence-corrected chi connectivity index (χ0v) is 10.8. The lowest BCUT2D eigenvalue weighted by atomic mass is 10.2. The third-order valence-corrected chi connectivity index (χ3v) is 3.31. The highest BCUT2D eigenvalue weighted by atomic mass is 79.9. The van der Waals surface area contributed by atoms with Crippen molar-refractivity contribution in [2.75, 3.05) is 6.61 Å². The predicted octanol–water partition coefficient (Wildman–Crippen LogP) is 4.59. The van der Waals surface area contributed by atoms with E-state index in [1.165, 1.54) is 0 Å². The van der Waals surface area contributed by atoms with Crippen LogP contribution in [0.4, 0.5) is 0 Å². The average molecular weight is 278 g/mol. The lowest BCUT2D eigenvalue weighted by Gasteiger charge is -2.08. The topological polar surface area (TPSA) is 9.23 Å². The molecule has 1 aromatic carbocycles. The summed E-state index contributed by atoms with van der Waals surface area (Å²) in [5.41, 5.74) is 1.03. The van der Waals surface area contributed by atoms with Crippen LogP contribution in [0.25, 0.3) is 0 Å². The summed E-state index contributed by atoms with van der Waals surface area (Å²) in [6.07, 6.45) is 2.23. The van der Waals surface area contributed by atoms with Crippen LogP contribution in [0.15, 0.2) is 16.6 Å². The highest BCUT2D eigenvalue weighted by molar-refractivity contribution is 9.10. The zero-order valence-electron chi connectivity index (χ0n) is 8.44. The Morgan fingerprint density at radius 1 is 1.43 bits per heavy atom. The molecule has 78 valence electrons. The molecule has 0 radical (unpaired) electrons. The number of benzene rings is 1. The maximum absolute atomic E-state index is 6.01. The van der Waals surface area contributed by atoms with Crippen LogP contribution < -0.4 is 4.74 Å². The summed E-state index contributed by atoms with van der Waals surface area (Å²) in [5, 5.41) is 0.757. The molecule has 0 unspecified atom stereocenters. The summed E-state index contributed by atoms with van der Waals surface area (Å²) in [5.74, 6) is 0.882. The van der Waals surface area contributed by atoms with Crippen LogP contribution in [0, 0.1) is 6.92 Å². The Bertz CT molecular complexity index is 289. The van der Waals surface area contributed by atoms with E-state index in [4.69, 9.17) is 16.3 Å². The summed E-state index contributed by atoms with van der Waals surface area (Å²) in [4.78, 5) is 0. The van der Waals surface area contributed by atoms with Crippen molar-refractivity contribution in [3.8, 4) is 5.75 Å². The van der Waals surface area contributed by atoms with Crippen LogP contribution in [0.1, 0.15) is 25.3 Å². The SMILES string of the molecule is CCCCOc1cc(C)c(Cl)c(Br)c1. The van der Waals surface area contributed by atoms with Gasteiger partial charge in [0, 0.05) is 4.47 Å². The number of unbranched alkanes of at least 4 members (excludes halogenated alkanes) is 1. The van der Waals surface area contributed by atoms with Crippen molar-refractivity contribution in [3.63, 3.8) is 0 Å². The molecule has 0 saturated carbocycles. The largest absolute Gasteiger partial charge is 0.494 e. The fraction of sp³-hybridized carbons (Fsp3) is 0.455. The van der Waals surface area contributed by atoms with E-state index < -0.39 is 0 Å². The maximum Gasteiger partial charge on any atom is 0.120 e. The smallest absolute Gasteiger partial charge is 0.120 e. The average Bonchev–Trinajstić information content (AvgIpc) is 2.14. The number of hydrogen-bond donors (Lipinski definition) is 0. The van der Waals surface area contributed by atoms with Crippen LogP contribution in [0.2, 0.25) is 5.02 Å². The Morgan fingerprint density at radius 3 is 2.71 bits per heavy atom. The number of halogens is 2. The molecular formula is C11H14BrClO. The quantitative estimate of drug-likeness (QED) is 0.731. The van der Waals surface area contributed by atoms with Gasteiger partial charge in [-0.1, -0.05) is 24.9 Å². The van der Waals surface area contributed by atoms with Crippen molar-refractivity contribution in [3.05, 3.63) is 27.2 Å². The van der Waals surface area contributed by atoms with E-state index in [2.05, 4.69) is 22.9 Å². The van der Waals surface area contributed by atoms with E-state index in [-0.39, 0.29) is 0 Å². The standard InChI is InChI=1S/C11H14BrClO/c1-3-4-5-14-9-6-8(2)11(13)10(12)7-9/h6-7H,3-5H2,1-2H3. The molecule has 0 aliphatic rings. The first-order valence-corrected chi connectivity index (χ1v) is 5.90. The molecule has 0 aliphatic carbocycles. The lowest BCUT2D eigenvalue weighted by Crippen LogP contribution is -1.96. The van der Waals surface area contributed by atoms with Crippen molar-refractivity contribution < 1.29 is 4.74 Å². The first kappa shape index (κ1) is 11.9. The number of aryl methyl sites for hydroxylation is 1. The number of hydrogen-bond acceptors (Lipinski definition) is 1. The minimum absolute atomic E-state index is 0.757. The second-order valence-electron chi connectivity index (χ2n) is 3.24. The molecule has 1 aromatic rings. The molecule has 0 atom stereocenters. The van der Waals surface area contributed by atoms with Crippen LogP contribution in [-0.2, 0) is 0 Å². The molecule has 0 aliphatic heterocycles. The van der Waals surface area contributed by atoms with Crippen LogP contribution in [-0.4, -0.2) is 6.61 Å². The van der Waals surface area contributed by atoms with E-state index >= 15 is 0 Å². The van der Waals surface area contributed by atoms with Crippen molar-refractivity contribution in [2.24, 2.45) is 0 Å². The Hall–Kier alpha value is -0.210. The van der Waals surface area contributed by atoms with E-state index in [0.29, 0.717) is 0 Å². The van der Waals surface area contributed by atoms with E-state index in [1.807, 2.05) is 19.1 Å². The normalized spacial score (nSPS) is 10.3. The van der Waals surface area contributed by atoms with Gasteiger partial charge < -0.3 is 4.74 Å². The molecule has 0 amide bonds.